The van der Waals surface area contributed by atoms with Crippen LogP contribution in [0.2, 0.25) is 5.02 Å². The summed E-state index contributed by atoms with van der Waals surface area (Å²) in [6.07, 6.45) is -0.945. The molecule has 3 rings (SSSR count). The lowest BCUT2D eigenvalue weighted by Gasteiger charge is -2.23. The first-order chi connectivity index (χ1) is 13.5. The van der Waals surface area contributed by atoms with E-state index < -0.39 is 27.3 Å². The fourth-order valence-electron chi connectivity index (χ4n) is 2.95. The number of pyridine rings is 1. The largest absolute Gasteiger partial charge is 0.417 e. The summed E-state index contributed by atoms with van der Waals surface area (Å²) in [4.78, 5) is 18.0. The topological polar surface area (TPSA) is 88.4 Å². The second-order valence-electron chi connectivity index (χ2n) is 6.47. The van der Waals surface area contributed by atoms with Crippen LogP contribution < -0.4 is 10.5 Å². The van der Waals surface area contributed by atoms with Crippen molar-refractivity contribution in [1.29, 1.82) is 0 Å². The van der Waals surface area contributed by atoms with E-state index in [4.69, 9.17) is 11.6 Å². The van der Waals surface area contributed by atoms with Gasteiger partial charge < -0.3 is 4.90 Å². The molecule has 0 atom stereocenters. The first kappa shape index (κ1) is 21.5. The van der Waals surface area contributed by atoms with Gasteiger partial charge in [0, 0.05) is 32.4 Å². The molecule has 0 saturated carbocycles. The molecule has 0 amide bonds. The molecule has 2 aromatic heterocycles. The number of rotatable bonds is 3. The Morgan fingerprint density at radius 2 is 1.83 bits per heavy atom. The quantitative estimate of drug-likeness (QED) is 0.706. The summed E-state index contributed by atoms with van der Waals surface area (Å²) in [5.74, 6) is -0.101. The zero-order valence-corrected chi connectivity index (χ0v) is 16.8. The fraction of sp³-hybridized carbons (Fsp3) is 0.438. The molecule has 1 aliphatic heterocycles. The molecule has 0 N–H and O–H groups in total. The van der Waals surface area contributed by atoms with Gasteiger partial charge in [0.25, 0.3) is 5.56 Å². The molecule has 0 bridgehead atoms. The van der Waals surface area contributed by atoms with Crippen molar-refractivity contribution in [2.24, 2.45) is 0 Å². The summed E-state index contributed by atoms with van der Waals surface area (Å²) >= 11 is 6.21. The van der Waals surface area contributed by atoms with Gasteiger partial charge in [-0.05, 0) is 18.6 Å². The average molecular weight is 452 g/mol. The minimum absolute atomic E-state index is 0.101. The Morgan fingerprint density at radius 1 is 1.10 bits per heavy atom. The van der Waals surface area contributed by atoms with Gasteiger partial charge in [-0.25, -0.2) is 17.7 Å². The second-order valence-corrected chi connectivity index (χ2v) is 8.83. The third kappa shape index (κ3) is 4.70. The number of anilines is 1. The lowest BCUT2D eigenvalue weighted by Crippen LogP contribution is -2.35. The summed E-state index contributed by atoms with van der Waals surface area (Å²) in [6, 6.07) is 1.83. The van der Waals surface area contributed by atoms with E-state index in [1.54, 1.807) is 4.90 Å². The van der Waals surface area contributed by atoms with E-state index in [0.29, 0.717) is 37.9 Å². The van der Waals surface area contributed by atoms with E-state index in [-0.39, 0.29) is 17.4 Å². The first-order valence-electron chi connectivity index (χ1n) is 8.50. The van der Waals surface area contributed by atoms with E-state index in [1.807, 2.05) is 0 Å². The van der Waals surface area contributed by atoms with Gasteiger partial charge in [0.1, 0.15) is 5.02 Å². The minimum Gasteiger partial charge on any atom is -0.367 e. The van der Waals surface area contributed by atoms with Crippen molar-refractivity contribution in [3.8, 4) is 5.82 Å². The molecule has 0 aliphatic carbocycles. The minimum atomic E-state index is -4.54. The predicted octanol–water partition coefficient (Wildman–Crippen LogP) is 1.77. The molecular weight excluding hydrogens is 435 g/mol. The first-order valence-corrected chi connectivity index (χ1v) is 10.7. The summed E-state index contributed by atoms with van der Waals surface area (Å²) in [6.45, 7) is 1.37. The number of sulfonamides is 1. The molecule has 158 valence electrons. The number of alkyl halides is 3. The maximum absolute atomic E-state index is 12.7. The number of nitrogens with zero attached hydrogens (tertiary/aromatic N) is 5. The highest BCUT2D eigenvalue weighted by molar-refractivity contribution is 7.88. The summed E-state index contributed by atoms with van der Waals surface area (Å²) < 4.78 is 63.6. The Labute approximate surface area is 169 Å². The van der Waals surface area contributed by atoms with Gasteiger partial charge in [0.05, 0.1) is 23.7 Å². The van der Waals surface area contributed by atoms with Gasteiger partial charge in [-0.2, -0.15) is 23.0 Å². The number of aromatic nitrogens is 3. The van der Waals surface area contributed by atoms with Crippen LogP contribution in [-0.2, 0) is 16.2 Å². The maximum atomic E-state index is 12.7. The fourth-order valence-corrected chi connectivity index (χ4v) is 4.08. The lowest BCUT2D eigenvalue weighted by molar-refractivity contribution is -0.137. The average Bonchev–Trinajstić information content (AvgIpc) is 2.89. The Kier molecular flexibility index (Phi) is 5.88. The predicted molar refractivity (Wildman–Crippen MR) is 101 cm³/mol. The van der Waals surface area contributed by atoms with Crippen molar-refractivity contribution in [3.05, 3.63) is 45.5 Å². The number of halogens is 4. The zero-order chi connectivity index (χ0) is 21.4. The molecule has 0 aromatic carbocycles. The van der Waals surface area contributed by atoms with E-state index in [2.05, 4.69) is 10.1 Å². The van der Waals surface area contributed by atoms with E-state index >= 15 is 0 Å². The highest BCUT2D eigenvalue weighted by Gasteiger charge is 2.31. The maximum Gasteiger partial charge on any atom is 0.417 e. The van der Waals surface area contributed by atoms with E-state index in [9.17, 15) is 26.4 Å². The molecule has 0 unspecified atom stereocenters. The number of hydrogen-bond acceptors (Lipinski definition) is 6. The van der Waals surface area contributed by atoms with Crippen LogP contribution in [0.4, 0.5) is 18.9 Å². The highest BCUT2D eigenvalue weighted by Crippen LogP contribution is 2.29. The Balaban J connectivity index is 1.87. The molecule has 2 aromatic rings. The highest BCUT2D eigenvalue weighted by atomic mass is 35.5. The van der Waals surface area contributed by atoms with Gasteiger partial charge in [-0.15, -0.1) is 0 Å². The molecule has 1 saturated heterocycles. The Morgan fingerprint density at radius 3 is 2.41 bits per heavy atom. The molecule has 0 radical (unpaired) electrons. The monoisotopic (exact) mass is 451 g/mol. The molecule has 0 spiro atoms. The standard InChI is InChI=1S/C16H17ClF3N5O3S/c1-29(27,28)24-6-2-5-23(7-8-24)12-10-22-25(15(26)14(12)17)13-4-3-11(9-21-13)16(18,19)20/h3-4,9-10H,2,5-8H2,1H3. The molecule has 1 fully saturated rings. The van der Waals surface area contributed by atoms with Crippen LogP contribution in [0.1, 0.15) is 12.0 Å². The molecule has 3 heterocycles. The second kappa shape index (κ2) is 7.92. The number of hydrogen-bond donors (Lipinski definition) is 0. The van der Waals surface area contributed by atoms with E-state index in [0.717, 1.165) is 23.1 Å². The van der Waals surface area contributed by atoms with Crippen molar-refractivity contribution in [1.82, 2.24) is 19.1 Å². The molecule has 29 heavy (non-hydrogen) atoms. The molecule has 8 nitrogen and oxygen atoms in total. The summed E-state index contributed by atoms with van der Waals surface area (Å²) in [5, 5.41) is 3.81. The van der Waals surface area contributed by atoms with Crippen molar-refractivity contribution in [2.45, 2.75) is 12.6 Å². The Hall–Kier alpha value is -2.18. The Bertz CT molecular complexity index is 1060. The zero-order valence-electron chi connectivity index (χ0n) is 15.2. The molecule has 1 aliphatic rings. The van der Waals surface area contributed by atoms with Gasteiger partial charge in [-0.3, -0.25) is 4.79 Å². The lowest BCUT2D eigenvalue weighted by atomic mass is 10.3. The molecular formula is C16H17ClF3N5O3S. The van der Waals surface area contributed by atoms with Crippen LogP contribution in [0, 0.1) is 0 Å². The van der Waals surface area contributed by atoms with Gasteiger partial charge in [0.15, 0.2) is 5.82 Å². The van der Waals surface area contributed by atoms with Crippen LogP contribution >= 0.6 is 11.6 Å². The van der Waals surface area contributed by atoms with Crippen molar-refractivity contribution in [3.63, 3.8) is 0 Å². The van der Waals surface area contributed by atoms with Gasteiger partial charge >= 0.3 is 6.18 Å². The third-order valence-corrected chi connectivity index (χ3v) is 6.12. The van der Waals surface area contributed by atoms with Gasteiger partial charge in [-0.1, -0.05) is 11.6 Å². The smallest absolute Gasteiger partial charge is 0.367 e. The van der Waals surface area contributed by atoms with Gasteiger partial charge in [0.2, 0.25) is 10.0 Å². The van der Waals surface area contributed by atoms with Crippen LogP contribution in [0.25, 0.3) is 5.82 Å². The van der Waals surface area contributed by atoms with Crippen molar-refractivity contribution >= 4 is 27.3 Å². The normalized spacial score (nSPS) is 16.7. The molecule has 13 heteroatoms. The third-order valence-electron chi connectivity index (χ3n) is 4.46. The van der Waals surface area contributed by atoms with Crippen LogP contribution in [0.3, 0.4) is 0 Å². The van der Waals surface area contributed by atoms with E-state index in [1.165, 1.54) is 10.5 Å². The SMILES string of the molecule is CS(=O)(=O)N1CCCN(c2cnn(-c3ccc(C(F)(F)F)cn3)c(=O)c2Cl)CC1. The summed E-state index contributed by atoms with van der Waals surface area (Å²) in [7, 11) is -3.33. The van der Waals surface area contributed by atoms with Crippen LogP contribution in [0.5, 0.6) is 0 Å². The van der Waals surface area contributed by atoms with Crippen LogP contribution in [-0.4, -0.2) is 59.9 Å². The van der Waals surface area contributed by atoms with Crippen molar-refractivity contribution in [2.75, 3.05) is 37.3 Å². The van der Waals surface area contributed by atoms with Crippen LogP contribution in [0.15, 0.2) is 29.3 Å². The summed E-state index contributed by atoms with van der Waals surface area (Å²) in [5.41, 5.74) is -1.35. The van der Waals surface area contributed by atoms with Crippen molar-refractivity contribution < 1.29 is 21.6 Å².